The van der Waals surface area contributed by atoms with Crippen LogP contribution in [0, 0.1) is 0 Å². The summed E-state index contributed by atoms with van der Waals surface area (Å²) < 4.78 is 0. The molecule has 0 aliphatic carbocycles. The van der Waals surface area contributed by atoms with Crippen LogP contribution in [0.3, 0.4) is 0 Å². The molecule has 4 heterocycles. The lowest BCUT2D eigenvalue weighted by molar-refractivity contribution is -0.117. The Morgan fingerprint density at radius 1 is 1.38 bits per heavy atom. The first-order valence-corrected chi connectivity index (χ1v) is 8.93. The Morgan fingerprint density at radius 2 is 2.31 bits per heavy atom. The molecule has 1 fully saturated rings. The van der Waals surface area contributed by atoms with E-state index in [1.54, 1.807) is 19.3 Å². The van der Waals surface area contributed by atoms with Gasteiger partial charge in [-0.1, -0.05) is 0 Å². The SMILES string of the molecule is CC(=O)CCN1CC[C@@H](Nc2ncccc2-c2cnc3[nH]ccc3n2)C1. The van der Waals surface area contributed by atoms with Crippen molar-refractivity contribution in [2.75, 3.05) is 25.0 Å². The molecular weight excluding hydrogens is 328 g/mol. The van der Waals surface area contributed by atoms with Crippen molar-refractivity contribution in [2.24, 2.45) is 0 Å². The number of anilines is 1. The molecule has 0 spiro atoms. The van der Waals surface area contributed by atoms with E-state index in [9.17, 15) is 4.79 Å². The fraction of sp³-hybridized carbons (Fsp3) is 0.368. The summed E-state index contributed by atoms with van der Waals surface area (Å²) in [6.07, 6.45) is 7.06. The second-order valence-corrected chi connectivity index (χ2v) is 6.75. The summed E-state index contributed by atoms with van der Waals surface area (Å²) in [5.41, 5.74) is 3.38. The highest BCUT2D eigenvalue weighted by Gasteiger charge is 2.23. The molecule has 0 amide bonds. The van der Waals surface area contributed by atoms with E-state index in [1.165, 1.54) is 0 Å². The first kappa shape index (κ1) is 16.7. The summed E-state index contributed by atoms with van der Waals surface area (Å²) in [4.78, 5) is 30.2. The van der Waals surface area contributed by atoms with Crippen molar-refractivity contribution >= 4 is 22.8 Å². The van der Waals surface area contributed by atoms with E-state index < -0.39 is 0 Å². The van der Waals surface area contributed by atoms with Crippen molar-refractivity contribution in [3.05, 3.63) is 36.8 Å². The fourth-order valence-corrected chi connectivity index (χ4v) is 3.35. The number of aromatic nitrogens is 4. The average Bonchev–Trinajstić information content (AvgIpc) is 3.29. The Labute approximate surface area is 151 Å². The van der Waals surface area contributed by atoms with Gasteiger partial charge in [-0.25, -0.2) is 15.0 Å². The number of H-pyrrole nitrogens is 1. The van der Waals surface area contributed by atoms with Crippen LogP contribution in [0.4, 0.5) is 5.82 Å². The molecule has 0 saturated carbocycles. The van der Waals surface area contributed by atoms with Gasteiger partial charge in [0.2, 0.25) is 0 Å². The second kappa shape index (κ2) is 7.21. The third kappa shape index (κ3) is 3.57. The highest BCUT2D eigenvalue weighted by Crippen LogP contribution is 2.26. The van der Waals surface area contributed by atoms with Gasteiger partial charge in [-0.05, 0) is 31.5 Å². The van der Waals surface area contributed by atoms with Crippen LogP contribution in [0.2, 0.25) is 0 Å². The van der Waals surface area contributed by atoms with Gasteiger partial charge in [-0.2, -0.15) is 0 Å². The van der Waals surface area contributed by atoms with Crippen LogP contribution in [0.15, 0.2) is 36.8 Å². The van der Waals surface area contributed by atoms with Crippen LogP contribution in [0.5, 0.6) is 0 Å². The zero-order valence-corrected chi connectivity index (χ0v) is 14.8. The summed E-state index contributed by atoms with van der Waals surface area (Å²) >= 11 is 0. The zero-order valence-electron chi connectivity index (χ0n) is 14.8. The normalized spacial score (nSPS) is 17.7. The first-order valence-electron chi connectivity index (χ1n) is 8.93. The lowest BCUT2D eigenvalue weighted by atomic mass is 10.1. The van der Waals surface area contributed by atoms with Crippen LogP contribution < -0.4 is 5.32 Å². The molecule has 1 aliphatic heterocycles. The van der Waals surface area contributed by atoms with Gasteiger partial charge in [-0.3, -0.25) is 4.79 Å². The summed E-state index contributed by atoms with van der Waals surface area (Å²) in [7, 11) is 0. The lowest BCUT2D eigenvalue weighted by Gasteiger charge is -2.17. The number of hydrogen-bond acceptors (Lipinski definition) is 6. The third-order valence-electron chi connectivity index (χ3n) is 4.74. The molecule has 0 unspecified atom stereocenters. The largest absolute Gasteiger partial charge is 0.365 e. The monoisotopic (exact) mass is 350 g/mol. The molecule has 3 aromatic rings. The van der Waals surface area contributed by atoms with E-state index in [1.807, 2.05) is 24.4 Å². The minimum atomic E-state index is 0.243. The van der Waals surface area contributed by atoms with E-state index in [2.05, 4.69) is 30.2 Å². The van der Waals surface area contributed by atoms with Crippen molar-refractivity contribution in [3.63, 3.8) is 0 Å². The average molecular weight is 350 g/mol. The van der Waals surface area contributed by atoms with Gasteiger partial charge < -0.3 is 15.2 Å². The number of aromatic amines is 1. The van der Waals surface area contributed by atoms with Crippen LogP contribution >= 0.6 is 0 Å². The number of nitrogens with zero attached hydrogens (tertiary/aromatic N) is 4. The quantitative estimate of drug-likeness (QED) is 0.710. The van der Waals surface area contributed by atoms with Gasteiger partial charge in [-0.15, -0.1) is 0 Å². The molecule has 0 bridgehead atoms. The zero-order chi connectivity index (χ0) is 17.9. The van der Waals surface area contributed by atoms with Crippen LogP contribution in [-0.2, 0) is 4.79 Å². The predicted molar refractivity (Wildman–Crippen MR) is 101 cm³/mol. The molecule has 2 N–H and O–H groups in total. The van der Waals surface area contributed by atoms with Crippen LogP contribution in [0.25, 0.3) is 22.4 Å². The van der Waals surface area contributed by atoms with Gasteiger partial charge >= 0.3 is 0 Å². The number of ketones is 1. The maximum atomic E-state index is 11.2. The minimum absolute atomic E-state index is 0.243. The second-order valence-electron chi connectivity index (χ2n) is 6.75. The van der Waals surface area contributed by atoms with E-state index in [-0.39, 0.29) is 5.78 Å². The number of carbonyl (C=O) groups excluding carboxylic acids is 1. The molecular formula is C19H22N6O. The third-order valence-corrected chi connectivity index (χ3v) is 4.74. The van der Waals surface area contributed by atoms with E-state index in [4.69, 9.17) is 0 Å². The molecule has 1 aliphatic rings. The highest BCUT2D eigenvalue weighted by molar-refractivity contribution is 5.78. The van der Waals surface area contributed by atoms with Crippen molar-refractivity contribution in [2.45, 2.75) is 25.8 Å². The molecule has 7 nitrogen and oxygen atoms in total. The van der Waals surface area contributed by atoms with Gasteiger partial charge in [0.25, 0.3) is 0 Å². The molecule has 3 aromatic heterocycles. The Bertz CT molecular complexity index is 921. The van der Waals surface area contributed by atoms with Gasteiger partial charge in [0.15, 0.2) is 5.65 Å². The molecule has 134 valence electrons. The minimum Gasteiger partial charge on any atom is -0.365 e. The summed E-state index contributed by atoms with van der Waals surface area (Å²) in [6, 6.07) is 6.16. The van der Waals surface area contributed by atoms with Crippen molar-refractivity contribution < 1.29 is 4.79 Å². The van der Waals surface area contributed by atoms with Gasteiger partial charge in [0.1, 0.15) is 17.1 Å². The summed E-state index contributed by atoms with van der Waals surface area (Å²) in [6.45, 7) is 4.40. The number of carbonyl (C=O) groups is 1. The Morgan fingerprint density at radius 3 is 3.19 bits per heavy atom. The van der Waals surface area contributed by atoms with E-state index in [0.717, 1.165) is 54.3 Å². The number of fused-ring (bicyclic) bond motifs is 1. The fourth-order valence-electron chi connectivity index (χ4n) is 3.35. The number of nitrogens with one attached hydrogen (secondary N) is 2. The van der Waals surface area contributed by atoms with Crippen molar-refractivity contribution in [1.82, 2.24) is 24.8 Å². The summed E-state index contributed by atoms with van der Waals surface area (Å²) in [5.74, 6) is 1.07. The first-order chi connectivity index (χ1) is 12.7. The Kier molecular flexibility index (Phi) is 4.62. The number of rotatable bonds is 6. The van der Waals surface area contributed by atoms with Crippen LogP contribution in [-0.4, -0.2) is 56.3 Å². The topological polar surface area (TPSA) is 86.8 Å². The molecule has 1 saturated heterocycles. The standard InChI is InChI=1S/C19H22N6O/c1-13(26)5-9-25-10-6-14(12-25)23-18-15(3-2-7-20-18)17-11-22-19-16(24-17)4-8-21-19/h2-4,7-8,11,14H,5-6,9-10,12H2,1H3,(H,20,23)(H,21,22)/t14-/m1/s1. The highest BCUT2D eigenvalue weighted by atomic mass is 16.1. The molecule has 0 radical (unpaired) electrons. The van der Waals surface area contributed by atoms with E-state index in [0.29, 0.717) is 12.5 Å². The predicted octanol–water partition coefficient (Wildman–Crippen LogP) is 2.49. The van der Waals surface area contributed by atoms with Crippen molar-refractivity contribution in [3.8, 4) is 11.3 Å². The number of hydrogen-bond donors (Lipinski definition) is 2. The van der Waals surface area contributed by atoms with Gasteiger partial charge in [0.05, 0.1) is 11.9 Å². The van der Waals surface area contributed by atoms with Crippen LogP contribution in [0.1, 0.15) is 19.8 Å². The van der Waals surface area contributed by atoms with Crippen molar-refractivity contribution in [1.29, 1.82) is 0 Å². The molecule has 1 atom stereocenters. The molecule has 7 heteroatoms. The Balaban J connectivity index is 1.50. The maximum absolute atomic E-state index is 11.2. The lowest BCUT2D eigenvalue weighted by Crippen LogP contribution is -2.28. The van der Waals surface area contributed by atoms with Gasteiger partial charge in [0, 0.05) is 50.1 Å². The molecule has 26 heavy (non-hydrogen) atoms. The maximum Gasteiger partial charge on any atom is 0.156 e. The van der Waals surface area contributed by atoms with E-state index >= 15 is 0 Å². The number of Topliss-reactive ketones (excluding diaryl/α,β-unsaturated/α-hetero) is 1. The molecule has 0 aromatic carbocycles. The number of likely N-dealkylation sites (tertiary alicyclic amines) is 1. The molecule has 4 rings (SSSR count). The smallest absolute Gasteiger partial charge is 0.156 e. The Hall–Kier alpha value is -2.80. The summed E-state index contributed by atoms with van der Waals surface area (Å²) in [5, 5.41) is 3.55. The number of pyridine rings is 1.